The molecule has 0 aliphatic heterocycles. The first-order valence-electron chi connectivity index (χ1n) is 4.50. The van der Waals surface area contributed by atoms with E-state index < -0.39 is 29.8 Å². The summed E-state index contributed by atoms with van der Waals surface area (Å²) in [5.41, 5.74) is -1.43. The molecular formula is C10H6Cl2F6O2-2. The van der Waals surface area contributed by atoms with Crippen molar-refractivity contribution in [3.8, 4) is 0 Å². The Bertz CT molecular complexity index is 427. The second-order valence-electron chi connectivity index (χ2n) is 3.44. The van der Waals surface area contributed by atoms with Gasteiger partial charge in [0.25, 0.3) is 0 Å². The molecule has 1 rings (SSSR count). The number of benzene rings is 1. The Morgan fingerprint density at radius 3 is 1.50 bits per heavy atom. The summed E-state index contributed by atoms with van der Waals surface area (Å²) in [6.45, 7) is 0. The van der Waals surface area contributed by atoms with E-state index in [2.05, 4.69) is 0 Å². The van der Waals surface area contributed by atoms with Gasteiger partial charge in [-0.25, -0.2) is 4.79 Å². The molecule has 0 aromatic heterocycles. The third kappa shape index (κ3) is 5.09. The molecule has 0 heterocycles. The zero-order valence-electron chi connectivity index (χ0n) is 9.27. The van der Waals surface area contributed by atoms with Gasteiger partial charge in [-0.05, 0) is 17.7 Å². The van der Waals surface area contributed by atoms with Crippen LogP contribution in [0.15, 0.2) is 24.3 Å². The van der Waals surface area contributed by atoms with Crippen LogP contribution in [0, 0.1) is 0 Å². The summed E-state index contributed by atoms with van der Waals surface area (Å²) in [5.74, 6) is -5.05. The summed E-state index contributed by atoms with van der Waals surface area (Å²) in [6.07, 6.45) is -11.0. The number of halogens is 8. The van der Waals surface area contributed by atoms with Crippen molar-refractivity contribution in [2.24, 2.45) is 0 Å². The van der Waals surface area contributed by atoms with Crippen LogP contribution in [0.1, 0.15) is 21.8 Å². The van der Waals surface area contributed by atoms with Gasteiger partial charge in [0.1, 0.15) is 0 Å². The largest absolute Gasteiger partial charge is 1.00 e. The highest BCUT2D eigenvalue weighted by Gasteiger charge is 2.57. The van der Waals surface area contributed by atoms with Crippen LogP contribution in [0.4, 0.5) is 26.3 Å². The van der Waals surface area contributed by atoms with E-state index in [1.807, 2.05) is 0 Å². The van der Waals surface area contributed by atoms with E-state index in [1.165, 1.54) is 0 Å². The highest BCUT2D eigenvalue weighted by molar-refractivity contribution is 5.87. The van der Waals surface area contributed by atoms with Gasteiger partial charge in [-0.15, -0.1) is 0 Å². The van der Waals surface area contributed by atoms with Gasteiger partial charge in [-0.2, -0.15) is 26.3 Å². The molecular weight excluding hydrogens is 337 g/mol. The summed E-state index contributed by atoms with van der Waals surface area (Å²) in [4.78, 5) is 10.4. The van der Waals surface area contributed by atoms with E-state index in [9.17, 15) is 31.1 Å². The second-order valence-corrected chi connectivity index (χ2v) is 3.44. The fourth-order valence-electron chi connectivity index (χ4n) is 1.38. The lowest BCUT2D eigenvalue weighted by Gasteiger charge is -2.23. The smallest absolute Gasteiger partial charge is 0.404 e. The molecule has 0 unspecified atom stereocenters. The molecule has 20 heavy (non-hydrogen) atoms. The van der Waals surface area contributed by atoms with E-state index in [-0.39, 0.29) is 30.4 Å². The minimum atomic E-state index is -5.48. The molecule has 2 nitrogen and oxygen atoms in total. The van der Waals surface area contributed by atoms with E-state index in [0.717, 1.165) is 0 Å². The van der Waals surface area contributed by atoms with E-state index >= 15 is 0 Å². The maximum Gasteiger partial charge on any atom is 0.404 e. The minimum Gasteiger partial charge on any atom is -1.00 e. The van der Waals surface area contributed by atoms with Crippen molar-refractivity contribution >= 4 is 5.97 Å². The number of hydrogen-bond donors (Lipinski definition) is 1. The number of carboxylic acids is 1. The molecule has 0 saturated heterocycles. The van der Waals surface area contributed by atoms with Gasteiger partial charge in [-0.1, -0.05) is 12.1 Å². The average molecular weight is 343 g/mol. The third-order valence-electron chi connectivity index (χ3n) is 2.15. The van der Waals surface area contributed by atoms with Crippen LogP contribution in [-0.4, -0.2) is 23.4 Å². The van der Waals surface area contributed by atoms with Crippen LogP contribution in [0.5, 0.6) is 0 Å². The van der Waals surface area contributed by atoms with Crippen LogP contribution in [0.25, 0.3) is 0 Å². The molecule has 0 saturated carbocycles. The third-order valence-corrected chi connectivity index (χ3v) is 2.15. The normalized spacial score (nSPS) is 11.6. The monoisotopic (exact) mass is 342 g/mol. The fourth-order valence-corrected chi connectivity index (χ4v) is 1.38. The van der Waals surface area contributed by atoms with Crippen molar-refractivity contribution < 1.29 is 61.1 Å². The highest BCUT2D eigenvalue weighted by atomic mass is 35.5. The predicted octanol–water partition coefficient (Wildman–Crippen LogP) is -2.40. The van der Waals surface area contributed by atoms with Gasteiger partial charge < -0.3 is 29.9 Å². The zero-order valence-corrected chi connectivity index (χ0v) is 10.8. The van der Waals surface area contributed by atoms with Crippen molar-refractivity contribution in [2.75, 3.05) is 0 Å². The quantitative estimate of drug-likeness (QED) is 0.609. The van der Waals surface area contributed by atoms with Crippen LogP contribution in [0.2, 0.25) is 0 Å². The van der Waals surface area contributed by atoms with E-state index in [4.69, 9.17) is 5.11 Å². The summed E-state index contributed by atoms with van der Waals surface area (Å²) in [7, 11) is 0. The molecule has 0 bridgehead atoms. The standard InChI is InChI=1S/C10H6F6O2.2ClH/c11-9(12,13)7(10(14,15)16)5-1-3-6(4-2-5)8(17)18;;/h1-4,7H,(H,17,18);2*1H/p-2. The lowest BCUT2D eigenvalue weighted by molar-refractivity contribution is -0.253. The van der Waals surface area contributed by atoms with Crippen molar-refractivity contribution in [3.05, 3.63) is 35.4 Å². The van der Waals surface area contributed by atoms with Gasteiger partial charge in [0.05, 0.1) is 5.56 Å². The number of rotatable bonds is 2. The van der Waals surface area contributed by atoms with Crippen molar-refractivity contribution in [2.45, 2.75) is 18.3 Å². The Morgan fingerprint density at radius 2 is 1.25 bits per heavy atom. The lowest BCUT2D eigenvalue weighted by atomic mass is 9.97. The van der Waals surface area contributed by atoms with Gasteiger partial charge in [0, 0.05) is 0 Å². The molecule has 0 atom stereocenters. The first kappa shape index (κ1) is 21.2. The molecule has 0 aliphatic carbocycles. The molecule has 116 valence electrons. The zero-order chi connectivity index (χ0) is 14.1. The number of hydrogen-bond acceptors (Lipinski definition) is 1. The second kappa shape index (κ2) is 7.03. The summed E-state index contributed by atoms with van der Waals surface area (Å²) < 4.78 is 73.9. The van der Waals surface area contributed by atoms with Gasteiger partial charge in [0.2, 0.25) is 0 Å². The van der Waals surface area contributed by atoms with Gasteiger partial charge >= 0.3 is 18.3 Å². The molecule has 1 N–H and O–H groups in total. The molecule has 0 fully saturated rings. The van der Waals surface area contributed by atoms with Crippen LogP contribution in [0.3, 0.4) is 0 Å². The molecule has 1 aromatic carbocycles. The van der Waals surface area contributed by atoms with E-state index in [0.29, 0.717) is 24.3 Å². The van der Waals surface area contributed by atoms with Crippen molar-refractivity contribution in [1.82, 2.24) is 0 Å². The summed E-state index contributed by atoms with van der Waals surface area (Å²) in [5, 5.41) is 8.49. The van der Waals surface area contributed by atoms with Crippen LogP contribution in [-0.2, 0) is 0 Å². The molecule has 0 spiro atoms. The highest BCUT2D eigenvalue weighted by Crippen LogP contribution is 2.46. The number of aromatic carboxylic acids is 1. The first-order chi connectivity index (χ1) is 8.03. The van der Waals surface area contributed by atoms with Crippen LogP contribution >= 0.6 is 0 Å². The molecule has 10 heteroatoms. The Labute approximate surface area is 121 Å². The Morgan fingerprint density at radius 1 is 0.900 bits per heavy atom. The molecule has 0 amide bonds. The predicted molar refractivity (Wildman–Crippen MR) is 48.3 cm³/mol. The average Bonchev–Trinajstić information content (AvgIpc) is 2.13. The van der Waals surface area contributed by atoms with Crippen LogP contribution < -0.4 is 24.8 Å². The Hall–Kier alpha value is -1.15. The Balaban J connectivity index is 0. The lowest BCUT2D eigenvalue weighted by Crippen LogP contribution is -3.00. The summed E-state index contributed by atoms with van der Waals surface area (Å²) >= 11 is 0. The topological polar surface area (TPSA) is 37.3 Å². The van der Waals surface area contributed by atoms with Crippen molar-refractivity contribution in [1.29, 1.82) is 0 Å². The van der Waals surface area contributed by atoms with Gasteiger partial charge in [0.15, 0.2) is 5.92 Å². The number of carboxylic acid groups (broad SMARTS) is 1. The number of alkyl halides is 6. The first-order valence-corrected chi connectivity index (χ1v) is 4.50. The molecule has 0 aliphatic rings. The maximum atomic E-state index is 12.3. The Kier molecular flexibility index (Phi) is 7.44. The van der Waals surface area contributed by atoms with Crippen molar-refractivity contribution in [3.63, 3.8) is 0 Å². The SMILES string of the molecule is O=C(O)c1ccc(C(C(F)(F)F)C(F)(F)F)cc1.[Cl-].[Cl-]. The molecule has 0 radical (unpaired) electrons. The summed E-state index contributed by atoms with van der Waals surface area (Å²) in [6, 6.07) is 2.41. The molecule has 1 aromatic rings. The minimum absolute atomic E-state index is 0. The van der Waals surface area contributed by atoms with Gasteiger partial charge in [-0.3, -0.25) is 0 Å². The maximum absolute atomic E-state index is 12.3. The van der Waals surface area contributed by atoms with E-state index in [1.54, 1.807) is 0 Å². The number of carbonyl (C=O) groups is 1. The fraction of sp³-hybridized carbons (Fsp3) is 0.300.